The maximum atomic E-state index is 11.9. The van der Waals surface area contributed by atoms with Gasteiger partial charge in [-0.3, -0.25) is 4.79 Å². The Bertz CT molecular complexity index is 723. The summed E-state index contributed by atoms with van der Waals surface area (Å²) in [7, 11) is 0. The number of nitrogens with one attached hydrogen (secondary N) is 1. The minimum absolute atomic E-state index is 0.0362. The highest BCUT2D eigenvalue weighted by Gasteiger charge is 2.21. The Morgan fingerprint density at radius 3 is 2.38 bits per heavy atom. The number of hydrogen-bond acceptors (Lipinski definition) is 6. The Hall–Kier alpha value is -2.83. The molecule has 1 heterocycles. The Morgan fingerprint density at radius 1 is 1.25 bits per heavy atom. The van der Waals surface area contributed by atoms with Crippen molar-refractivity contribution in [2.45, 2.75) is 33.1 Å². The molecule has 2 rings (SSSR count). The van der Waals surface area contributed by atoms with Crippen LogP contribution in [0.15, 0.2) is 28.8 Å². The van der Waals surface area contributed by atoms with Crippen molar-refractivity contribution in [3.05, 3.63) is 41.1 Å². The molecule has 7 heteroatoms. The third kappa shape index (κ3) is 4.13. The lowest BCUT2D eigenvalue weighted by Gasteiger charge is -2.19. The normalized spacial score (nSPS) is 11.2. The van der Waals surface area contributed by atoms with Crippen LogP contribution < -0.4 is 11.1 Å². The monoisotopic (exact) mass is 331 g/mol. The second kappa shape index (κ2) is 6.74. The number of amides is 1. The average Bonchev–Trinajstić information content (AvgIpc) is 2.83. The highest BCUT2D eigenvalue weighted by Crippen LogP contribution is 2.23. The Kier molecular flexibility index (Phi) is 4.92. The molecule has 7 nitrogen and oxygen atoms in total. The zero-order chi connectivity index (χ0) is 17.9. The molecule has 128 valence electrons. The second-order valence-electron chi connectivity index (χ2n) is 6.46. The van der Waals surface area contributed by atoms with Crippen LogP contribution in [0.5, 0.6) is 0 Å². The summed E-state index contributed by atoms with van der Waals surface area (Å²) in [5.74, 6) is -1.32. The van der Waals surface area contributed by atoms with Crippen LogP contribution in [0.3, 0.4) is 0 Å². The summed E-state index contributed by atoms with van der Waals surface area (Å²) in [6, 6.07) is 7.51. The van der Waals surface area contributed by atoms with Gasteiger partial charge in [-0.1, -0.05) is 38.1 Å². The first-order chi connectivity index (χ1) is 11.2. The smallest absolute Gasteiger partial charge is 0.346 e. The topological polar surface area (TPSA) is 107 Å². The van der Waals surface area contributed by atoms with Gasteiger partial charge in [0.05, 0.1) is 5.69 Å². The summed E-state index contributed by atoms with van der Waals surface area (Å²) >= 11 is 0. The first-order valence-corrected chi connectivity index (χ1v) is 7.47. The molecular formula is C17H21N3O4. The van der Waals surface area contributed by atoms with E-state index < -0.39 is 18.5 Å². The summed E-state index contributed by atoms with van der Waals surface area (Å²) in [5.41, 5.74) is 7.67. The fraction of sp³-hybridized carbons (Fsp3) is 0.353. The SMILES string of the molecule is Cc1noc(N)c1C(=O)OCC(=O)Nc1ccc(C(C)(C)C)cc1. The molecule has 0 atom stereocenters. The summed E-state index contributed by atoms with van der Waals surface area (Å²) < 4.78 is 9.61. The third-order valence-electron chi connectivity index (χ3n) is 3.46. The van der Waals surface area contributed by atoms with Gasteiger partial charge in [-0.25, -0.2) is 4.79 Å². The summed E-state index contributed by atoms with van der Waals surface area (Å²) in [6.45, 7) is 7.46. The summed E-state index contributed by atoms with van der Waals surface area (Å²) in [5, 5.41) is 6.22. The number of nitrogens with zero attached hydrogens (tertiary/aromatic N) is 1. The molecule has 0 aliphatic rings. The van der Waals surface area contributed by atoms with Gasteiger partial charge in [0.1, 0.15) is 5.56 Å². The predicted molar refractivity (Wildman–Crippen MR) is 89.7 cm³/mol. The van der Waals surface area contributed by atoms with Crippen LogP contribution in [0.2, 0.25) is 0 Å². The Labute approximate surface area is 140 Å². The van der Waals surface area contributed by atoms with Gasteiger partial charge < -0.3 is 20.3 Å². The van der Waals surface area contributed by atoms with E-state index in [4.69, 9.17) is 10.5 Å². The quantitative estimate of drug-likeness (QED) is 0.834. The molecule has 0 aliphatic carbocycles. The van der Waals surface area contributed by atoms with Gasteiger partial charge in [0.2, 0.25) is 5.88 Å². The van der Waals surface area contributed by atoms with Gasteiger partial charge in [-0.05, 0) is 30.0 Å². The van der Waals surface area contributed by atoms with E-state index in [0.717, 1.165) is 5.56 Å². The van der Waals surface area contributed by atoms with Crippen LogP contribution in [0, 0.1) is 6.92 Å². The van der Waals surface area contributed by atoms with Crippen molar-refractivity contribution in [2.24, 2.45) is 0 Å². The highest BCUT2D eigenvalue weighted by atomic mass is 16.5. The molecule has 0 radical (unpaired) electrons. The number of hydrogen-bond donors (Lipinski definition) is 2. The average molecular weight is 331 g/mol. The van der Waals surface area contributed by atoms with Crippen LogP contribution in [-0.4, -0.2) is 23.6 Å². The Morgan fingerprint density at radius 2 is 1.88 bits per heavy atom. The number of nitrogen functional groups attached to an aromatic ring is 1. The van der Waals surface area contributed by atoms with E-state index in [1.165, 1.54) is 0 Å². The van der Waals surface area contributed by atoms with Crippen molar-refractivity contribution in [1.82, 2.24) is 5.16 Å². The van der Waals surface area contributed by atoms with E-state index in [0.29, 0.717) is 11.4 Å². The van der Waals surface area contributed by atoms with Gasteiger partial charge >= 0.3 is 5.97 Å². The standard InChI is InChI=1S/C17H21N3O4/c1-10-14(15(18)24-20-10)16(22)23-9-13(21)19-12-7-5-11(6-8-12)17(2,3)4/h5-8H,9,18H2,1-4H3,(H,19,21). The van der Waals surface area contributed by atoms with Crippen molar-refractivity contribution in [3.63, 3.8) is 0 Å². The van der Waals surface area contributed by atoms with Gasteiger partial charge in [0, 0.05) is 5.69 Å². The number of rotatable bonds is 4. The molecule has 0 fully saturated rings. The third-order valence-corrected chi connectivity index (χ3v) is 3.46. The first kappa shape index (κ1) is 17.5. The zero-order valence-electron chi connectivity index (χ0n) is 14.2. The fourth-order valence-electron chi connectivity index (χ4n) is 2.09. The lowest BCUT2D eigenvalue weighted by molar-refractivity contribution is -0.119. The fourth-order valence-corrected chi connectivity index (χ4v) is 2.09. The Balaban J connectivity index is 1.91. The van der Waals surface area contributed by atoms with Crippen molar-refractivity contribution >= 4 is 23.4 Å². The maximum Gasteiger partial charge on any atom is 0.346 e. The molecule has 0 saturated heterocycles. The first-order valence-electron chi connectivity index (χ1n) is 7.47. The lowest BCUT2D eigenvalue weighted by Crippen LogP contribution is -2.21. The molecule has 3 N–H and O–H groups in total. The summed E-state index contributed by atoms with van der Waals surface area (Å²) in [4.78, 5) is 23.8. The molecular weight excluding hydrogens is 310 g/mol. The number of aromatic nitrogens is 1. The molecule has 2 aromatic rings. The van der Waals surface area contributed by atoms with Crippen molar-refractivity contribution in [1.29, 1.82) is 0 Å². The van der Waals surface area contributed by atoms with Crippen LogP contribution >= 0.6 is 0 Å². The largest absolute Gasteiger partial charge is 0.452 e. The number of carbonyl (C=O) groups is 2. The van der Waals surface area contributed by atoms with E-state index >= 15 is 0 Å². The number of esters is 1. The number of carbonyl (C=O) groups excluding carboxylic acids is 2. The van der Waals surface area contributed by atoms with Crippen LogP contribution in [0.25, 0.3) is 0 Å². The van der Waals surface area contributed by atoms with E-state index in [1.54, 1.807) is 6.92 Å². The predicted octanol–water partition coefficient (Wildman–Crippen LogP) is 2.66. The molecule has 0 bridgehead atoms. The van der Waals surface area contributed by atoms with Crippen LogP contribution in [0.1, 0.15) is 42.4 Å². The van der Waals surface area contributed by atoms with Crippen molar-refractivity contribution < 1.29 is 18.8 Å². The van der Waals surface area contributed by atoms with E-state index in [1.807, 2.05) is 24.3 Å². The molecule has 1 aromatic heterocycles. The molecule has 0 spiro atoms. The van der Waals surface area contributed by atoms with Crippen LogP contribution in [-0.2, 0) is 14.9 Å². The van der Waals surface area contributed by atoms with Gasteiger partial charge in [-0.15, -0.1) is 0 Å². The molecule has 0 saturated carbocycles. The van der Waals surface area contributed by atoms with Gasteiger partial charge in [-0.2, -0.15) is 0 Å². The zero-order valence-corrected chi connectivity index (χ0v) is 14.2. The molecule has 1 amide bonds. The molecule has 24 heavy (non-hydrogen) atoms. The second-order valence-corrected chi connectivity index (χ2v) is 6.46. The minimum Gasteiger partial charge on any atom is -0.452 e. The van der Waals surface area contributed by atoms with Crippen molar-refractivity contribution in [2.75, 3.05) is 17.7 Å². The molecule has 1 aromatic carbocycles. The molecule has 0 unspecified atom stereocenters. The van der Waals surface area contributed by atoms with Gasteiger partial charge in [0.25, 0.3) is 5.91 Å². The number of ether oxygens (including phenoxy) is 1. The minimum atomic E-state index is -0.746. The van der Waals surface area contributed by atoms with E-state index in [9.17, 15) is 9.59 Å². The highest BCUT2D eigenvalue weighted by molar-refractivity contribution is 5.98. The van der Waals surface area contributed by atoms with E-state index in [-0.39, 0.29) is 16.9 Å². The number of aryl methyl sites for hydroxylation is 1. The molecule has 0 aliphatic heterocycles. The van der Waals surface area contributed by atoms with Gasteiger partial charge in [0.15, 0.2) is 6.61 Å². The van der Waals surface area contributed by atoms with Crippen LogP contribution in [0.4, 0.5) is 11.6 Å². The number of anilines is 2. The van der Waals surface area contributed by atoms with Crippen molar-refractivity contribution in [3.8, 4) is 0 Å². The summed E-state index contributed by atoms with van der Waals surface area (Å²) in [6.07, 6.45) is 0. The lowest BCUT2D eigenvalue weighted by atomic mass is 9.87. The maximum absolute atomic E-state index is 11.9. The number of nitrogens with two attached hydrogens (primary N) is 1. The van der Waals surface area contributed by atoms with E-state index in [2.05, 4.69) is 35.8 Å². The number of benzene rings is 1.